The van der Waals surface area contributed by atoms with Crippen LogP contribution in [0.1, 0.15) is 57.8 Å². The van der Waals surface area contributed by atoms with E-state index in [1.54, 1.807) is 12.0 Å². The van der Waals surface area contributed by atoms with E-state index in [-0.39, 0.29) is 6.09 Å². The average molecular weight is 548 g/mol. The highest BCUT2D eigenvalue weighted by Crippen LogP contribution is 2.38. The molecule has 3 aromatic rings. The number of furan rings is 1. The first kappa shape index (κ1) is 28.0. The number of carbonyl (C=O) groups is 1. The molecule has 8 heteroatoms. The van der Waals surface area contributed by atoms with Crippen molar-refractivity contribution in [3.8, 4) is 23.0 Å². The molecule has 4 heterocycles. The number of nitrogens with zero attached hydrogens (tertiary/aromatic N) is 3. The maximum Gasteiger partial charge on any atom is 0.410 e. The molecular formula is C32H41N3O5. The number of hydrogen-bond acceptors (Lipinski definition) is 7. The molecule has 0 N–H and O–H groups in total. The van der Waals surface area contributed by atoms with E-state index in [1.807, 2.05) is 52.0 Å². The van der Waals surface area contributed by atoms with E-state index in [0.717, 1.165) is 52.2 Å². The van der Waals surface area contributed by atoms with Crippen molar-refractivity contribution in [2.24, 2.45) is 0 Å². The topological polar surface area (TPSA) is 77.3 Å². The van der Waals surface area contributed by atoms with Crippen LogP contribution in [0.25, 0.3) is 27.9 Å². The first-order valence-corrected chi connectivity index (χ1v) is 14.3. The van der Waals surface area contributed by atoms with Crippen LogP contribution in [0.5, 0.6) is 11.5 Å². The van der Waals surface area contributed by atoms with Crippen LogP contribution in [0, 0.1) is 6.92 Å². The lowest BCUT2D eigenvalue weighted by atomic mass is 9.94. The Bertz CT molecular complexity index is 1380. The molecule has 0 saturated carbocycles. The Balaban J connectivity index is 1.45. The van der Waals surface area contributed by atoms with Gasteiger partial charge in [-0.1, -0.05) is 6.08 Å². The van der Waals surface area contributed by atoms with Crippen molar-refractivity contribution >= 4 is 22.6 Å². The third-order valence-electron chi connectivity index (χ3n) is 7.37. The van der Waals surface area contributed by atoms with Crippen LogP contribution in [0.3, 0.4) is 0 Å². The van der Waals surface area contributed by atoms with Crippen molar-refractivity contribution in [1.29, 1.82) is 0 Å². The zero-order chi connectivity index (χ0) is 28.3. The van der Waals surface area contributed by atoms with Gasteiger partial charge >= 0.3 is 6.09 Å². The maximum atomic E-state index is 12.6. The molecule has 2 aliphatic rings. The Morgan fingerprint density at radius 1 is 1.07 bits per heavy atom. The molecular weight excluding hydrogens is 506 g/mol. The Hall–Kier alpha value is -3.52. The van der Waals surface area contributed by atoms with Gasteiger partial charge in [0.1, 0.15) is 17.1 Å². The number of amides is 1. The Kier molecular flexibility index (Phi) is 8.35. The molecule has 0 bridgehead atoms. The highest BCUT2D eigenvalue weighted by Gasteiger charge is 2.25. The Morgan fingerprint density at radius 3 is 2.52 bits per heavy atom. The Morgan fingerprint density at radius 2 is 1.88 bits per heavy atom. The molecule has 1 saturated heterocycles. The molecule has 0 unspecified atom stereocenters. The van der Waals surface area contributed by atoms with Crippen LogP contribution in [-0.4, -0.2) is 72.9 Å². The number of carbonyl (C=O) groups excluding carboxylic acids is 1. The summed E-state index contributed by atoms with van der Waals surface area (Å²) in [4.78, 5) is 21.8. The number of ether oxygens (including phenoxy) is 3. The molecule has 1 fully saturated rings. The largest absolute Gasteiger partial charge is 0.493 e. The summed E-state index contributed by atoms with van der Waals surface area (Å²) in [6.45, 7) is 12.7. The predicted molar refractivity (Wildman–Crippen MR) is 157 cm³/mol. The predicted octanol–water partition coefficient (Wildman–Crippen LogP) is 6.70. The van der Waals surface area contributed by atoms with Crippen molar-refractivity contribution in [3.05, 3.63) is 47.7 Å². The molecule has 2 aliphatic heterocycles. The number of benzene rings is 1. The third kappa shape index (κ3) is 6.61. The van der Waals surface area contributed by atoms with Crippen LogP contribution in [0.4, 0.5) is 4.79 Å². The lowest BCUT2D eigenvalue weighted by Gasteiger charge is -2.30. The molecule has 2 aromatic heterocycles. The first-order chi connectivity index (χ1) is 19.2. The molecule has 40 heavy (non-hydrogen) atoms. The summed E-state index contributed by atoms with van der Waals surface area (Å²) in [5, 5.41) is 0.977. The molecule has 214 valence electrons. The van der Waals surface area contributed by atoms with Gasteiger partial charge in [0.15, 0.2) is 17.3 Å². The summed E-state index contributed by atoms with van der Waals surface area (Å²) in [6, 6.07) is 9.97. The number of aromatic nitrogens is 1. The number of fused-ring (bicyclic) bond motifs is 1. The van der Waals surface area contributed by atoms with Crippen molar-refractivity contribution in [2.75, 3.05) is 46.4 Å². The molecule has 5 rings (SSSR count). The van der Waals surface area contributed by atoms with Gasteiger partial charge in [0.2, 0.25) is 0 Å². The van der Waals surface area contributed by atoms with Gasteiger partial charge in [0.25, 0.3) is 0 Å². The normalized spacial score (nSPS) is 16.3. The second-order valence-corrected chi connectivity index (χ2v) is 11.6. The van der Waals surface area contributed by atoms with Gasteiger partial charge in [0.05, 0.1) is 19.2 Å². The fourth-order valence-electron chi connectivity index (χ4n) is 5.35. The smallest absolute Gasteiger partial charge is 0.410 e. The van der Waals surface area contributed by atoms with Crippen LogP contribution >= 0.6 is 0 Å². The van der Waals surface area contributed by atoms with Gasteiger partial charge in [-0.15, -0.1) is 0 Å². The third-order valence-corrected chi connectivity index (χ3v) is 7.37. The number of pyridine rings is 1. The average Bonchev–Trinajstić information content (AvgIpc) is 3.61. The minimum Gasteiger partial charge on any atom is -0.493 e. The van der Waals surface area contributed by atoms with E-state index in [1.165, 1.54) is 25.9 Å². The van der Waals surface area contributed by atoms with Crippen LogP contribution < -0.4 is 9.47 Å². The lowest BCUT2D eigenvalue weighted by Crippen LogP contribution is -2.39. The van der Waals surface area contributed by atoms with Crippen LogP contribution in [-0.2, 0) is 4.74 Å². The van der Waals surface area contributed by atoms with Gasteiger partial charge in [-0.05, 0) is 102 Å². The van der Waals surface area contributed by atoms with E-state index in [0.29, 0.717) is 37.6 Å². The number of methoxy groups -OCH3 is 1. The van der Waals surface area contributed by atoms with Crippen molar-refractivity contribution < 1.29 is 23.4 Å². The summed E-state index contributed by atoms with van der Waals surface area (Å²) < 4.78 is 23.5. The number of rotatable bonds is 8. The van der Waals surface area contributed by atoms with Crippen molar-refractivity contribution in [1.82, 2.24) is 14.8 Å². The minimum absolute atomic E-state index is 0.290. The molecule has 0 radical (unpaired) electrons. The number of likely N-dealkylation sites (tertiary alicyclic amines) is 1. The Labute approximate surface area is 236 Å². The zero-order valence-electron chi connectivity index (χ0n) is 24.4. The summed E-state index contributed by atoms with van der Waals surface area (Å²) >= 11 is 0. The molecule has 8 nitrogen and oxygen atoms in total. The number of hydrogen-bond donors (Lipinski definition) is 0. The van der Waals surface area contributed by atoms with E-state index in [2.05, 4.69) is 17.0 Å². The van der Waals surface area contributed by atoms with Gasteiger partial charge in [-0.2, -0.15) is 0 Å². The summed E-state index contributed by atoms with van der Waals surface area (Å²) in [7, 11) is 1.67. The molecule has 0 spiro atoms. The van der Waals surface area contributed by atoms with E-state index >= 15 is 0 Å². The second kappa shape index (κ2) is 11.9. The fraction of sp³-hybridized carbons (Fsp3) is 0.500. The number of aryl methyl sites for hydroxylation is 1. The highest BCUT2D eigenvalue weighted by atomic mass is 16.6. The summed E-state index contributed by atoms with van der Waals surface area (Å²) in [5.41, 5.74) is 3.25. The van der Waals surface area contributed by atoms with Gasteiger partial charge in [-0.25, -0.2) is 9.78 Å². The molecule has 1 aromatic carbocycles. The molecule has 0 atom stereocenters. The molecule has 1 amide bonds. The quantitative estimate of drug-likeness (QED) is 0.290. The van der Waals surface area contributed by atoms with Gasteiger partial charge < -0.3 is 28.4 Å². The summed E-state index contributed by atoms with van der Waals surface area (Å²) in [6.07, 6.45) is 6.07. The van der Waals surface area contributed by atoms with E-state index < -0.39 is 5.60 Å². The fourth-order valence-corrected chi connectivity index (χ4v) is 5.35. The van der Waals surface area contributed by atoms with Gasteiger partial charge in [0, 0.05) is 31.1 Å². The van der Waals surface area contributed by atoms with E-state index in [9.17, 15) is 4.79 Å². The van der Waals surface area contributed by atoms with Crippen molar-refractivity contribution in [2.45, 2.75) is 59.0 Å². The minimum atomic E-state index is -0.525. The first-order valence-electron chi connectivity index (χ1n) is 14.3. The summed E-state index contributed by atoms with van der Waals surface area (Å²) in [5.74, 6) is 2.93. The van der Waals surface area contributed by atoms with Crippen LogP contribution in [0.15, 0.2) is 40.8 Å². The monoisotopic (exact) mass is 547 g/mol. The van der Waals surface area contributed by atoms with Gasteiger partial charge in [-0.3, -0.25) is 0 Å². The lowest BCUT2D eigenvalue weighted by molar-refractivity contribution is 0.0270. The maximum absolute atomic E-state index is 12.6. The van der Waals surface area contributed by atoms with Crippen molar-refractivity contribution in [3.63, 3.8) is 0 Å². The van der Waals surface area contributed by atoms with E-state index in [4.69, 9.17) is 23.6 Å². The highest BCUT2D eigenvalue weighted by molar-refractivity contribution is 5.96. The van der Waals surface area contributed by atoms with Crippen LogP contribution in [0.2, 0.25) is 0 Å². The second-order valence-electron chi connectivity index (χ2n) is 11.6. The standard InChI is InChI=1S/C32H41N3O5/c1-22-9-10-28(39-22)27-19-24(23-11-16-35(17-12-23)31(36)40-32(2,3)4)25-20-29(37-5)30(21-26(25)33-27)38-18-8-15-34-13-6-7-14-34/h9-11,19-21H,6-8,12-18H2,1-5H3. The zero-order valence-corrected chi connectivity index (χ0v) is 24.4. The SMILES string of the molecule is COc1cc2c(C3=CCN(C(=O)OC(C)(C)C)CC3)cc(-c3ccc(C)o3)nc2cc1OCCCN1CCCC1. The molecule has 0 aliphatic carbocycles.